The SMILES string of the molecule is Nc1ccc(Br)c(S(=O)(=O)NCc2cc(Br)ccc2F)c1. The van der Waals surface area contributed by atoms with Crippen molar-refractivity contribution in [1.29, 1.82) is 0 Å². The number of nitrogens with one attached hydrogen (secondary N) is 1. The topological polar surface area (TPSA) is 72.2 Å². The highest BCUT2D eigenvalue weighted by Crippen LogP contribution is 2.24. The number of anilines is 1. The van der Waals surface area contributed by atoms with E-state index in [-0.39, 0.29) is 17.0 Å². The van der Waals surface area contributed by atoms with Gasteiger partial charge in [-0.2, -0.15) is 0 Å². The van der Waals surface area contributed by atoms with Crippen molar-refractivity contribution in [1.82, 2.24) is 4.72 Å². The fourth-order valence-electron chi connectivity index (χ4n) is 1.66. The maximum absolute atomic E-state index is 13.6. The van der Waals surface area contributed by atoms with Gasteiger partial charge in [-0.25, -0.2) is 17.5 Å². The number of benzene rings is 2. The Morgan fingerprint density at radius 3 is 2.57 bits per heavy atom. The molecular weight excluding hydrogens is 427 g/mol. The van der Waals surface area contributed by atoms with Crippen LogP contribution in [-0.2, 0) is 16.6 Å². The van der Waals surface area contributed by atoms with E-state index in [0.29, 0.717) is 14.6 Å². The van der Waals surface area contributed by atoms with E-state index in [1.807, 2.05) is 0 Å². The summed E-state index contributed by atoms with van der Waals surface area (Å²) in [5.74, 6) is -0.479. The van der Waals surface area contributed by atoms with Crippen LogP contribution < -0.4 is 10.5 Å². The molecule has 2 rings (SSSR count). The molecule has 2 aromatic carbocycles. The molecule has 0 aromatic heterocycles. The Balaban J connectivity index is 2.26. The van der Waals surface area contributed by atoms with Crippen LogP contribution in [0.3, 0.4) is 0 Å². The van der Waals surface area contributed by atoms with Gasteiger partial charge in [-0.1, -0.05) is 15.9 Å². The monoisotopic (exact) mass is 436 g/mol. The molecule has 0 aliphatic rings. The second-order valence-corrected chi connectivity index (χ2v) is 7.76. The molecule has 21 heavy (non-hydrogen) atoms. The summed E-state index contributed by atoms with van der Waals surface area (Å²) >= 11 is 6.38. The molecule has 0 saturated heterocycles. The van der Waals surface area contributed by atoms with Gasteiger partial charge in [-0.3, -0.25) is 0 Å². The minimum Gasteiger partial charge on any atom is -0.399 e. The van der Waals surface area contributed by atoms with Gasteiger partial charge in [0.1, 0.15) is 5.82 Å². The Bertz CT molecular complexity index is 782. The van der Waals surface area contributed by atoms with Gasteiger partial charge < -0.3 is 5.73 Å². The molecule has 0 unspecified atom stereocenters. The van der Waals surface area contributed by atoms with E-state index < -0.39 is 15.8 Å². The number of hydrogen-bond donors (Lipinski definition) is 2. The molecule has 0 aliphatic carbocycles. The van der Waals surface area contributed by atoms with E-state index in [4.69, 9.17) is 5.73 Å². The van der Waals surface area contributed by atoms with E-state index in [2.05, 4.69) is 36.6 Å². The zero-order valence-corrected chi connectivity index (χ0v) is 14.6. The van der Waals surface area contributed by atoms with Crippen molar-refractivity contribution in [3.05, 3.63) is 56.7 Å². The molecule has 4 nitrogen and oxygen atoms in total. The van der Waals surface area contributed by atoms with Crippen molar-refractivity contribution >= 4 is 47.6 Å². The third kappa shape index (κ3) is 4.03. The Labute approximate surface area is 138 Å². The molecule has 2 aromatic rings. The number of halogens is 3. The maximum Gasteiger partial charge on any atom is 0.242 e. The first-order valence-electron chi connectivity index (χ1n) is 5.78. The quantitative estimate of drug-likeness (QED) is 0.720. The van der Waals surface area contributed by atoms with Crippen molar-refractivity contribution < 1.29 is 12.8 Å². The van der Waals surface area contributed by atoms with Gasteiger partial charge in [0.2, 0.25) is 10.0 Å². The number of nitrogens with two attached hydrogens (primary N) is 1. The molecule has 0 saturated carbocycles. The zero-order chi connectivity index (χ0) is 15.6. The summed E-state index contributed by atoms with van der Waals surface area (Å²) in [6, 6.07) is 8.79. The van der Waals surface area contributed by atoms with Gasteiger partial charge in [0, 0.05) is 26.7 Å². The van der Waals surface area contributed by atoms with Crippen LogP contribution in [0.25, 0.3) is 0 Å². The molecule has 0 spiro atoms. The van der Waals surface area contributed by atoms with E-state index in [9.17, 15) is 12.8 Å². The Hall–Kier alpha value is -0.960. The van der Waals surface area contributed by atoms with Gasteiger partial charge in [-0.15, -0.1) is 0 Å². The third-order valence-corrected chi connectivity index (χ3v) is 5.59. The second-order valence-electron chi connectivity index (χ2n) is 4.25. The lowest BCUT2D eigenvalue weighted by Crippen LogP contribution is -2.24. The summed E-state index contributed by atoms with van der Waals surface area (Å²) in [7, 11) is -3.80. The van der Waals surface area contributed by atoms with Crippen LogP contribution in [0.5, 0.6) is 0 Å². The number of rotatable bonds is 4. The summed E-state index contributed by atoms with van der Waals surface area (Å²) in [5.41, 5.74) is 6.17. The number of nitrogen functional groups attached to an aromatic ring is 1. The molecule has 0 fully saturated rings. The van der Waals surface area contributed by atoms with Crippen molar-refractivity contribution in [2.24, 2.45) is 0 Å². The minimum absolute atomic E-state index is 0.0119. The third-order valence-electron chi connectivity index (χ3n) is 2.71. The van der Waals surface area contributed by atoms with Crippen LogP contribution in [0.2, 0.25) is 0 Å². The highest BCUT2D eigenvalue weighted by Gasteiger charge is 2.18. The van der Waals surface area contributed by atoms with Crippen LogP contribution >= 0.6 is 31.9 Å². The normalized spacial score (nSPS) is 11.6. The van der Waals surface area contributed by atoms with Crippen LogP contribution in [-0.4, -0.2) is 8.42 Å². The molecule has 3 N–H and O–H groups in total. The molecule has 0 aliphatic heterocycles. The van der Waals surface area contributed by atoms with Crippen LogP contribution in [0.15, 0.2) is 50.2 Å². The van der Waals surface area contributed by atoms with Crippen LogP contribution in [0, 0.1) is 5.82 Å². The largest absolute Gasteiger partial charge is 0.399 e. The summed E-state index contributed by atoms with van der Waals surface area (Å²) in [6.07, 6.45) is 0. The first-order valence-corrected chi connectivity index (χ1v) is 8.85. The Morgan fingerprint density at radius 1 is 1.14 bits per heavy atom. The first kappa shape index (κ1) is 16.4. The summed E-state index contributed by atoms with van der Waals surface area (Å²) in [6.45, 7) is -0.158. The lowest BCUT2D eigenvalue weighted by atomic mass is 10.2. The van der Waals surface area contributed by atoms with Gasteiger partial charge in [-0.05, 0) is 52.3 Å². The molecule has 0 amide bonds. The van der Waals surface area contributed by atoms with Gasteiger partial charge in [0.05, 0.1) is 4.90 Å². The summed E-state index contributed by atoms with van der Waals surface area (Å²) in [5, 5.41) is 0. The fraction of sp³-hybridized carbons (Fsp3) is 0.0769. The fourth-order valence-corrected chi connectivity index (χ4v) is 4.07. The number of hydrogen-bond acceptors (Lipinski definition) is 3. The van der Waals surface area contributed by atoms with Gasteiger partial charge in [0.15, 0.2) is 0 Å². The van der Waals surface area contributed by atoms with Crippen molar-refractivity contribution in [3.63, 3.8) is 0 Å². The lowest BCUT2D eigenvalue weighted by Gasteiger charge is -2.10. The van der Waals surface area contributed by atoms with E-state index in [0.717, 1.165) is 0 Å². The minimum atomic E-state index is -3.80. The average molecular weight is 438 g/mol. The molecule has 112 valence electrons. The summed E-state index contributed by atoms with van der Waals surface area (Å²) in [4.78, 5) is 0.0119. The van der Waals surface area contributed by atoms with Crippen molar-refractivity contribution in [2.75, 3.05) is 5.73 Å². The van der Waals surface area contributed by atoms with E-state index in [1.54, 1.807) is 18.2 Å². The molecule has 8 heteroatoms. The van der Waals surface area contributed by atoms with Crippen LogP contribution in [0.4, 0.5) is 10.1 Å². The van der Waals surface area contributed by atoms with Gasteiger partial charge in [0.25, 0.3) is 0 Å². The summed E-state index contributed by atoms with van der Waals surface area (Å²) < 4.78 is 41.5. The second kappa shape index (κ2) is 6.43. The smallest absolute Gasteiger partial charge is 0.242 e. The van der Waals surface area contributed by atoms with Gasteiger partial charge >= 0.3 is 0 Å². The molecule has 0 atom stereocenters. The van der Waals surface area contributed by atoms with E-state index in [1.165, 1.54) is 18.2 Å². The molecule has 0 bridgehead atoms. The van der Waals surface area contributed by atoms with Crippen LogP contribution in [0.1, 0.15) is 5.56 Å². The predicted octanol–water partition coefficient (Wildman–Crippen LogP) is 3.41. The molecular formula is C13H11Br2FN2O2S. The average Bonchev–Trinajstić information content (AvgIpc) is 2.42. The predicted molar refractivity (Wildman–Crippen MR) is 86.7 cm³/mol. The van der Waals surface area contributed by atoms with Crippen molar-refractivity contribution in [2.45, 2.75) is 11.4 Å². The maximum atomic E-state index is 13.6. The van der Waals surface area contributed by atoms with E-state index >= 15 is 0 Å². The molecule has 0 heterocycles. The number of sulfonamides is 1. The first-order chi connectivity index (χ1) is 9.79. The zero-order valence-electron chi connectivity index (χ0n) is 10.6. The highest BCUT2D eigenvalue weighted by atomic mass is 79.9. The van der Waals surface area contributed by atoms with Crippen molar-refractivity contribution in [3.8, 4) is 0 Å². The highest BCUT2D eigenvalue weighted by molar-refractivity contribution is 9.10. The Kier molecular flexibility index (Phi) is 5.03. The lowest BCUT2D eigenvalue weighted by molar-refractivity contribution is 0.574. The molecule has 0 radical (unpaired) electrons. The standard InChI is InChI=1S/C13H11Br2FN2O2S/c14-9-1-4-12(16)8(5-9)7-18-21(19,20)13-6-10(17)2-3-11(13)15/h1-6,18H,7,17H2. The Morgan fingerprint density at radius 2 is 1.86 bits per heavy atom.